The van der Waals surface area contributed by atoms with Crippen molar-refractivity contribution >= 4 is 5.97 Å². The van der Waals surface area contributed by atoms with E-state index < -0.39 is 11.4 Å². The standard InChI is InChI=1S/C14H21NO2/c1-9-5-6-11(10(2)7-9)12(15)8-14(3,4)13(16)17/h5-7,12H,8,15H2,1-4H3,(H,16,17). The fourth-order valence-electron chi connectivity index (χ4n) is 1.99. The summed E-state index contributed by atoms with van der Waals surface area (Å²) in [4.78, 5) is 11.1. The molecule has 0 fully saturated rings. The van der Waals surface area contributed by atoms with Crippen molar-refractivity contribution in [2.45, 2.75) is 40.2 Å². The highest BCUT2D eigenvalue weighted by Crippen LogP contribution is 2.30. The Labute approximate surface area is 103 Å². The van der Waals surface area contributed by atoms with Crippen LogP contribution in [-0.4, -0.2) is 11.1 Å². The lowest BCUT2D eigenvalue weighted by atomic mass is 9.83. The molecule has 17 heavy (non-hydrogen) atoms. The van der Waals surface area contributed by atoms with E-state index in [-0.39, 0.29) is 6.04 Å². The summed E-state index contributed by atoms with van der Waals surface area (Å²) in [7, 11) is 0. The number of rotatable bonds is 4. The molecule has 0 aliphatic heterocycles. The van der Waals surface area contributed by atoms with Gasteiger partial charge in [-0.05, 0) is 45.2 Å². The Kier molecular flexibility index (Phi) is 3.94. The van der Waals surface area contributed by atoms with Gasteiger partial charge in [-0.1, -0.05) is 23.8 Å². The maximum atomic E-state index is 11.1. The molecule has 0 radical (unpaired) electrons. The lowest BCUT2D eigenvalue weighted by Gasteiger charge is -2.24. The molecular weight excluding hydrogens is 214 g/mol. The Morgan fingerprint density at radius 1 is 1.41 bits per heavy atom. The van der Waals surface area contributed by atoms with Crippen LogP contribution >= 0.6 is 0 Å². The highest BCUT2D eigenvalue weighted by molar-refractivity contribution is 5.73. The number of carboxylic acid groups (broad SMARTS) is 1. The third-order valence-electron chi connectivity index (χ3n) is 3.13. The van der Waals surface area contributed by atoms with Gasteiger partial charge in [0.2, 0.25) is 0 Å². The third kappa shape index (κ3) is 3.30. The van der Waals surface area contributed by atoms with Crippen molar-refractivity contribution in [1.29, 1.82) is 0 Å². The molecule has 0 spiro atoms. The SMILES string of the molecule is Cc1ccc(C(N)CC(C)(C)C(=O)O)c(C)c1. The van der Waals surface area contributed by atoms with Crippen LogP contribution in [0.2, 0.25) is 0 Å². The first-order valence-electron chi connectivity index (χ1n) is 5.80. The molecule has 0 bridgehead atoms. The van der Waals surface area contributed by atoms with Gasteiger partial charge in [0.1, 0.15) is 0 Å². The van der Waals surface area contributed by atoms with Crippen LogP contribution in [-0.2, 0) is 4.79 Å². The van der Waals surface area contributed by atoms with Crippen molar-refractivity contribution in [3.05, 3.63) is 34.9 Å². The second-order valence-corrected chi connectivity index (χ2v) is 5.36. The Balaban J connectivity index is 2.90. The summed E-state index contributed by atoms with van der Waals surface area (Å²) in [6.45, 7) is 7.46. The van der Waals surface area contributed by atoms with Gasteiger partial charge in [-0.25, -0.2) is 0 Å². The molecule has 3 nitrogen and oxygen atoms in total. The topological polar surface area (TPSA) is 63.3 Å². The average molecular weight is 235 g/mol. The second kappa shape index (κ2) is 4.88. The van der Waals surface area contributed by atoms with Gasteiger partial charge in [-0.3, -0.25) is 4.79 Å². The monoisotopic (exact) mass is 235 g/mol. The molecule has 0 aromatic heterocycles. The van der Waals surface area contributed by atoms with E-state index in [4.69, 9.17) is 10.8 Å². The van der Waals surface area contributed by atoms with Gasteiger partial charge in [0.15, 0.2) is 0 Å². The number of aryl methyl sites for hydroxylation is 2. The molecule has 1 rings (SSSR count). The summed E-state index contributed by atoms with van der Waals surface area (Å²) >= 11 is 0. The number of aliphatic carboxylic acids is 1. The normalized spacial score (nSPS) is 13.5. The van der Waals surface area contributed by atoms with Gasteiger partial charge in [-0.15, -0.1) is 0 Å². The lowest BCUT2D eigenvalue weighted by Crippen LogP contribution is -2.29. The number of hydrogen-bond donors (Lipinski definition) is 2. The Bertz CT molecular complexity index is 424. The summed E-state index contributed by atoms with van der Waals surface area (Å²) < 4.78 is 0. The first-order valence-corrected chi connectivity index (χ1v) is 5.80. The number of nitrogens with two attached hydrogens (primary N) is 1. The van der Waals surface area contributed by atoms with E-state index in [1.54, 1.807) is 13.8 Å². The molecule has 0 heterocycles. The van der Waals surface area contributed by atoms with Crippen LogP contribution in [0.3, 0.4) is 0 Å². The van der Waals surface area contributed by atoms with Crippen molar-refractivity contribution in [2.24, 2.45) is 11.1 Å². The Hall–Kier alpha value is -1.35. The minimum absolute atomic E-state index is 0.235. The van der Waals surface area contributed by atoms with Crippen LogP contribution in [0.4, 0.5) is 0 Å². The smallest absolute Gasteiger partial charge is 0.309 e. The van der Waals surface area contributed by atoms with Gasteiger partial charge in [-0.2, -0.15) is 0 Å². The van der Waals surface area contributed by atoms with Gasteiger partial charge in [0.25, 0.3) is 0 Å². The molecule has 0 amide bonds. The largest absolute Gasteiger partial charge is 0.481 e. The predicted octanol–water partition coefficient (Wildman–Crippen LogP) is 2.80. The predicted molar refractivity (Wildman–Crippen MR) is 68.9 cm³/mol. The second-order valence-electron chi connectivity index (χ2n) is 5.36. The van der Waals surface area contributed by atoms with Gasteiger partial charge in [0.05, 0.1) is 5.41 Å². The molecule has 1 aromatic carbocycles. The maximum Gasteiger partial charge on any atom is 0.309 e. The van der Waals surface area contributed by atoms with E-state index in [9.17, 15) is 4.79 Å². The fourth-order valence-corrected chi connectivity index (χ4v) is 1.99. The van der Waals surface area contributed by atoms with E-state index >= 15 is 0 Å². The summed E-state index contributed by atoms with van der Waals surface area (Å²) in [6, 6.07) is 5.84. The zero-order chi connectivity index (χ0) is 13.2. The lowest BCUT2D eigenvalue weighted by molar-refractivity contribution is -0.147. The van der Waals surface area contributed by atoms with E-state index in [0.717, 1.165) is 11.1 Å². The summed E-state index contributed by atoms with van der Waals surface area (Å²) in [5.41, 5.74) is 8.66. The van der Waals surface area contributed by atoms with Crippen molar-refractivity contribution in [3.8, 4) is 0 Å². The molecule has 0 aliphatic carbocycles. The van der Waals surface area contributed by atoms with Crippen molar-refractivity contribution in [1.82, 2.24) is 0 Å². The van der Waals surface area contributed by atoms with Crippen LogP contribution in [0.15, 0.2) is 18.2 Å². The first kappa shape index (κ1) is 13.7. The van der Waals surface area contributed by atoms with E-state index in [2.05, 4.69) is 6.07 Å². The highest BCUT2D eigenvalue weighted by Gasteiger charge is 2.30. The molecule has 0 saturated heterocycles. The molecule has 3 N–H and O–H groups in total. The molecule has 1 atom stereocenters. The van der Waals surface area contributed by atoms with Crippen LogP contribution in [0.5, 0.6) is 0 Å². The van der Waals surface area contributed by atoms with E-state index in [1.807, 2.05) is 26.0 Å². The zero-order valence-corrected chi connectivity index (χ0v) is 10.9. The van der Waals surface area contributed by atoms with E-state index in [0.29, 0.717) is 6.42 Å². The minimum atomic E-state index is -0.808. The number of carbonyl (C=O) groups is 1. The summed E-state index contributed by atoms with van der Waals surface area (Å²) in [6.07, 6.45) is 0.437. The fraction of sp³-hybridized carbons (Fsp3) is 0.500. The molecule has 94 valence electrons. The molecule has 1 aromatic rings. The van der Waals surface area contributed by atoms with Crippen molar-refractivity contribution in [2.75, 3.05) is 0 Å². The highest BCUT2D eigenvalue weighted by atomic mass is 16.4. The van der Waals surface area contributed by atoms with Gasteiger partial charge < -0.3 is 10.8 Å². The molecule has 3 heteroatoms. The number of hydrogen-bond acceptors (Lipinski definition) is 2. The van der Waals surface area contributed by atoms with Crippen LogP contribution in [0.1, 0.15) is 43.0 Å². The molecule has 0 aliphatic rings. The maximum absolute atomic E-state index is 11.1. The first-order chi connectivity index (χ1) is 7.74. The van der Waals surface area contributed by atoms with Crippen LogP contribution in [0.25, 0.3) is 0 Å². The molecular formula is C14H21NO2. The zero-order valence-electron chi connectivity index (χ0n) is 10.9. The summed E-state index contributed by atoms with van der Waals surface area (Å²) in [5, 5.41) is 9.09. The van der Waals surface area contributed by atoms with Gasteiger partial charge in [0, 0.05) is 6.04 Å². The van der Waals surface area contributed by atoms with Crippen LogP contribution < -0.4 is 5.73 Å². The van der Waals surface area contributed by atoms with Crippen molar-refractivity contribution < 1.29 is 9.90 Å². The molecule has 0 saturated carbocycles. The Morgan fingerprint density at radius 3 is 2.47 bits per heavy atom. The van der Waals surface area contributed by atoms with Crippen LogP contribution in [0, 0.1) is 19.3 Å². The Morgan fingerprint density at radius 2 is 2.00 bits per heavy atom. The number of benzene rings is 1. The third-order valence-corrected chi connectivity index (χ3v) is 3.13. The van der Waals surface area contributed by atoms with Gasteiger partial charge >= 0.3 is 5.97 Å². The minimum Gasteiger partial charge on any atom is -0.481 e. The van der Waals surface area contributed by atoms with Crippen molar-refractivity contribution in [3.63, 3.8) is 0 Å². The van der Waals surface area contributed by atoms with E-state index in [1.165, 1.54) is 5.56 Å². The quantitative estimate of drug-likeness (QED) is 0.843. The molecule has 1 unspecified atom stereocenters. The summed E-state index contributed by atoms with van der Waals surface area (Å²) in [5.74, 6) is -0.808. The average Bonchev–Trinajstić information content (AvgIpc) is 2.15. The number of carboxylic acids is 1.